The van der Waals surface area contributed by atoms with E-state index >= 15 is 0 Å². The highest BCUT2D eigenvalue weighted by Gasteiger charge is 2.11. The van der Waals surface area contributed by atoms with E-state index in [1.54, 1.807) is 0 Å². The Balaban J connectivity index is 0. The molecule has 84 valence electrons. The van der Waals surface area contributed by atoms with Crippen LogP contribution < -0.4 is 11.5 Å². The van der Waals surface area contributed by atoms with Crippen molar-refractivity contribution >= 4 is 48.3 Å². The summed E-state index contributed by atoms with van der Waals surface area (Å²) in [6, 6.07) is 0. The van der Waals surface area contributed by atoms with Gasteiger partial charge in [0.25, 0.3) is 0 Å². The molecule has 0 saturated heterocycles. The average molecular weight is 273 g/mol. The number of hydrogen-bond acceptors (Lipinski definition) is 3. The summed E-state index contributed by atoms with van der Waals surface area (Å²) in [5, 5.41) is -0.0301. The van der Waals surface area contributed by atoms with Crippen molar-refractivity contribution in [2.24, 2.45) is 16.5 Å². The van der Waals surface area contributed by atoms with Crippen LogP contribution in [0.15, 0.2) is 17.4 Å². The number of halogens is 3. The lowest BCUT2D eigenvalue weighted by Gasteiger charge is -1.95. The molecule has 0 bridgehead atoms. The fraction of sp³-hybridized carbons (Fsp3) is 0. The van der Waals surface area contributed by atoms with E-state index in [9.17, 15) is 4.79 Å². The number of amides is 1. The Hall–Kier alpha value is -1.11. The highest BCUT2D eigenvalue weighted by atomic mass is 35.5. The highest BCUT2D eigenvalue weighted by molar-refractivity contribution is 6.32. The summed E-state index contributed by atoms with van der Waals surface area (Å²) in [7, 11) is 0. The fourth-order valence-corrected chi connectivity index (χ4v) is 0.821. The van der Waals surface area contributed by atoms with E-state index in [0.717, 1.165) is 0 Å². The van der Waals surface area contributed by atoms with Crippen LogP contribution in [0.2, 0.25) is 5.15 Å². The van der Waals surface area contributed by atoms with Gasteiger partial charge in [-0.2, -0.15) is 4.99 Å². The first-order valence-corrected chi connectivity index (χ1v) is 3.59. The summed E-state index contributed by atoms with van der Waals surface area (Å²) in [5.41, 5.74) is 9.92. The fourth-order valence-electron chi connectivity index (χ4n) is 0.635. The number of carbonyl (C=O) groups is 1. The molecule has 0 spiro atoms. The predicted molar refractivity (Wildman–Crippen MR) is 61.7 cm³/mol. The van der Waals surface area contributed by atoms with Gasteiger partial charge in [0.2, 0.25) is 0 Å². The minimum atomic E-state index is -0.710. The van der Waals surface area contributed by atoms with Crippen molar-refractivity contribution < 1.29 is 4.79 Å². The highest BCUT2D eigenvalue weighted by Crippen LogP contribution is 2.08. The molecule has 0 aliphatic carbocycles. The number of nitrogens with two attached hydrogens (primary N) is 2. The standard InChI is InChI=1S/C6H6ClN5O.2ClH/c7-4-3(10-1-2-11-4)5(13)12-6(8)9;;/h1-2H,(H4,8,9,12,13);2*1H. The Morgan fingerprint density at radius 2 is 1.80 bits per heavy atom. The van der Waals surface area contributed by atoms with E-state index in [0.29, 0.717) is 0 Å². The number of hydrogen-bond donors (Lipinski definition) is 2. The van der Waals surface area contributed by atoms with Crippen molar-refractivity contribution in [2.75, 3.05) is 0 Å². The van der Waals surface area contributed by atoms with E-state index in [1.807, 2.05) is 0 Å². The summed E-state index contributed by atoms with van der Waals surface area (Å²) < 4.78 is 0. The molecule has 1 aromatic heterocycles. The second-order valence-corrected chi connectivity index (χ2v) is 2.40. The summed E-state index contributed by atoms with van der Waals surface area (Å²) in [5.74, 6) is -1.05. The van der Waals surface area contributed by atoms with Crippen LogP contribution in [0, 0.1) is 0 Å². The summed E-state index contributed by atoms with van der Waals surface area (Å²) >= 11 is 5.56. The van der Waals surface area contributed by atoms with Gasteiger partial charge < -0.3 is 11.5 Å². The van der Waals surface area contributed by atoms with Gasteiger partial charge in [0.05, 0.1) is 0 Å². The zero-order chi connectivity index (χ0) is 9.84. The Labute approximate surface area is 103 Å². The number of aromatic nitrogens is 2. The molecular formula is C6H8Cl3N5O. The van der Waals surface area contributed by atoms with Gasteiger partial charge in [0.1, 0.15) is 0 Å². The van der Waals surface area contributed by atoms with E-state index in [-0.39, 0.29) is 41.6 Å². The smallest absolute Gasteiger partial charge is 0.301 e. The molecular weight excluding hydrogens is 264 g/mol. The molecule has 0 aromatic carbocycles. The molecule has 1 heterocycles. The van der Waals surface area contributed by atoms with Gasteiger partial charge in [-0.1, -0.05) is 11.6 Å². The zero-order valence-corrected chi connectivity index (χ0v) is 9.64. The van der Waals surface area contributed by atoms with Crippen LogP contribution in [-0.4, -0.2) is 21.8 Å². The molecule has 0 saturated carbocycles. The Morgan fingerprint density at radius 3 is 2.27 bits per heavy atom. The summed E-state index contributed by atoms with van der Waals surface area (Å²) in [4.78, 5) is 21.7. The van der Waals surface area contributed by atoms with Gasteiger partial charge in [-0.25, -0.2) is 9.97 Å². The normalized spacial score (nSPS) is 8.07. The van der Waals surface area contributed by atoms with Crippen LogP contribution in [0.1, 0.15) is 10.5 Å². The second-order valence-electron chi connectivity index (χ2n) is 2.04. The maximum absolute atomic E-state index is 11.1. The van der Waals surface area contributed by atoms with Crippen LogP contribution in [-0.2, 0) is 0 Å². The molecule has 6 nitrogen and oxygen atoms in total. The molecule has 4 N–H and O–H groups in total. The molecule has 0 atom stereocenters. The van der Waals surface area contributed by atoms with Crippen LogP contribution in [0.4, 0.5) is 0 Å². The molecule has 1 rings (SSSR count). The Morgan fingerprint density at radius 1 is 1.27 bits per heavy atom. The first kappa shape index (κ1) is 16.3. The SMILES string of the molecule is Cl.Cl.NC(N)=NC(=O)c1nccnc1Cl. The quantitative estimate of drug-likeness (QED) is 0.568. The minimum absolute atomic E-state index is 0. The Kier molecular flexibility index (Phi) is 7.85. The largest absolute Gasteiger partial charge is 0.370 e. The third kappa shape index (κ3) is 4.78. The number of guanidine groups is 1. The molecule has 0 radical (unpaired) electrons. The Bertz CT molecular complexity index is 366. The lowest BCUT2D eigenvalue weighted by Crippen LogP contribution is -2.24. The molecule has 0 unspecified atom stereocenters. The van der Waals surface area contributed by atoms with E-state index < -0.39 is 5.91 Å². The molecule has 9 heteroatoms. The third-order valence-corrected chi connectivity index (χ3v) is 1.36. The number of aliphatic imine (C=N–C) groups is 1. The number of carbonyl (C=O) groups excluding carboxylic acids is 1. The maximum atomic E-state index is 11.1. The first-order chi connectivity index (χ1) is 6.11. The lowest BCUT2D eigenvalue weighted by molar-refractivity contribution is 0.0998. The van der Waals surface area contributed by atoms with Crippen LogP contribution in [0.5, 0.6) is 0 Å². The second kappa shape index (κ2) is 7.22. The van der Waals surface area contributed by atoms with E-state index in [4.69, 9.17) is 23.1 Å². The van der Waals surface area contributed by atoms with Crippen molar-refractivity contribution in [1.82, 2.24) is 9.97 Å². The average Bonchev–Trinajstić information content (AvgIpc) is 2.03. The molecule has 1 aromatic rings. The van der Waals surface area contributed by atoms with E-state index in [1.165, 1.54) is 12.4 Å². The van der Waals surface area contributed by atoms with Gasteiger partial charge in [-0.05, 0) is 0 Å². The van der Waals surface area contributed by atoms with Crippen LogP contribution >= 0.6 is 36.4 Å². The monoisotopic (exact) mass is 271 g/mol. The topological polar surface area (TPSA) is 107 Å². The van der Waals surface area contributed by atoms with Gasteiger partial charge in [-0.15, -0.1) is 24.8 Å². The van der Waals surface area contributed by atoms with Crippen molar-refractivity contribution in [2.45, 2.75) is 0 Å². The zero-order valence-electron chi connectivity index (χ0n) is 7.25. The van der Waals surface area contributed by atoms with Crippen molar-refractivity contribution in [3.63, 3.8) is 0 Å². The molecule has 15 heavy (non-hydrogen) atoms. The predicted octanol–water partition coefficient (Wildman–Crippen LogP) is 0.387. The molecule has 0 aliphatic rings. The van der Waals surface area contributed by atoms with Gasteiger partial charge in [-0.3, -0.25) is 4.79 Å². The van der Waals surface area contributed by atoms with Crippen LogP contribution in [0.25, 0.3) is 0 Å². The van der Waals surface area contributed by atoms with Gasteiger partial charge in [0, 0.05) is 12.4 Å². The first-order valence-electron chi connectivity index (χ1n) is 3.21. The summed E-state index contributed by atoms with van der Waals surface area (Å²) in [6.07, 6.45) is 2.68. The van der Waals surface area contributed by atoms with Crippen molar-refractivity contribution in [1.29, 1.82) is 0 Å². The lowest BCUT2D eigenvalue weighted by atomic mass is 10.4. The summed E-state index contributed by atoms with van der Waals surface area (Å²) in [6.45, 7) is 0. The van der Waals surface area contributed by atoms with Crippen molar-refractivity contribution in [3.05, 3.63) is 23.2 Å². The third-order valence-electron chi connectivity index (χ3n) is 1.09. The van der Waals surface area contributed by atoms with Gasteiger partial charge in [0.15, 0.2) is 16.8 Å². The van der Waals surface area contributed by atoms with Crippen LogP contribution in [0.3, 0.4) is 0 Å². The van der Waals surface area contributed by atoms with Crippen molar-refractivity contribution in [3.8, 4) is 0 Å². The van der Waals surface area contributed by atoms with Gasteiger partial charge >= 0.3 is 5.91 Å². The van der Waals surface area contributed by atoms with E-state index in [2.05, 4.69) is 15.0 Å². The molecule has 0 aliphatic heterocycles. The maximum Gasteiger partial charge on any atom is 0.301 e. The molecule has 1 amide bonds. The number of rotatable bonds is 1. The minimum Gasteiger partial charge on any atom is -0.370 e. The molecule has 0 fully saturated rings. The number of nitrogens with zero attached hydrogens (tertiary/aromatic N) is 3.